The monoisotopic (exact) mass is 557 g/mol. The fraction of sp³-hybridized carbons (Fsp3) is 0.250. The van der Waals surface area contributed by atoms with Crippen LogP contribution >= 0.6 is 0 Å². The van der Waals surface area contributed by atoms with Crippen molar-refractivity contribution in [2.45, 2.75) is 33.6 Å². The van der Waals surface area contributed by atoms with Gasteiger partial charge in [-0.3, -0.25) is 9.59 Å². The first-order valence-electron chi connectivity index (χ1n) is 13.4. The van der Waals surface area contributed by atoms with Crippen LogP contribution in [0.15, 0.2) is 89.3 Å². The molecule has 1 heterocycles. The Hall–Kier alpha value is -4.92. The number of allylic oxidation sites excluding steroid dienone is 2. The van der Waals surface area contributed by atoms with Gasteiger partial charge >= 0.3 is 0 Å². The fourth-order valence-electron chi connectivity index (χ4n) is 4.80. The molecule has 0 unspecified atom stereocenters. The van der Waals surface area contributed by atoms with Crippen molar-refractivity contribution in [2.75, 3.05) is 31.0 Å². The molecule has 0 atom stereocenters. The van der Waals surface area contributed by atoms with Gasteiger partial charge in [-0.05, 0) is 93.9 Å². The number of benzene rings is 3. The van der Waals surface area contributed by atoms with Gasteiger partial charge in [0.2, 0.25) is 0 Å². The van der Waals surface area contributed by atoms with E-state index < -0.39 is 5.92 Å². The van der Waals surface area contributed by atoms with Crippen LogP contribution in [0.4, 0.5) is 11.4 Å². The van der Waals surface area contributed by atoms with E-state index in [0.717, 1.165) is 0 Å². The Morgan fingerprint density at radius 3 is 1.66 bits per heavy atom. The number of phenolic OH excluding ortho intramolecular Hbond substituents is 1. The molecule has 0 fully saturated rings. The number of aromatic hydroxyl groups is 1. The Balaban J connectivity index is 1.72. The molecule has 0 spiro atoms. The highest BCUT2D eigenvalue weighted by Crippen LogP contribution is 2.41. The lowest BCUT2D eigenvalue weighted by Gasteiger charge is -2.31. The minimum Gasteiger partial charge on any atom is -0.504 e. The second-order valence-electron chi connectivity index (χ2n) is 9.39. The minimum absolute atomic E-state index is 0.0487. The predicted octanol–water partition coefficient (Wildman–Crippen LogP) is 5.71. The van der Waals surface area contributed by atoms with E-state index in [-0.39, 0.29) is 23.3 Å². The molecule has 1 aliphatic rings. The van der Waals surface area contributed by atoms with Crippen LogP contribution in [0.2, 0.25) is 0 Å². The first kappa shape index (κ1) is 29.1. The molecule has 2 amide bonds. The number of nitrogens with one attached hydrogen (secondary N) is 3. The molecule has 1 aliphatic heterocycles. The molecule has 0 aromatic heterocycles. The van der Waals surface area contributed by atoms with Crippen molar-refractivity contribution < 1.29 is 28.9 Å². The zero-order chi connectivity index (χ0) is 29.5. The van der Waals surface area contributed by atoms with E-state index in [9.17, 15) is 14.7 Å². The molecule has 0 aliphatic carbocycles. The first-order chi connectivity index (χ1) is 19.7. The Labute approximate surface area is 239 Å². The van der Waals surface area contributed by atoms with Crippen molar-refractivity contribution in [1.29, 1.82) is 0 Å². The summed E-state index contributed by atoms with van der Waals surface area (Å²) < 4.78 is 16.4. The van der Waals surface area contributed by atoms with Gasteiger partial charge in [-0.2, -0.15) is 0 Å². The van der Waals surface area contributed by atoms with Crippen LogP contribution in [-0.4, -0.2) is 37.2 Å². The molecule has 9 nitrogen and oxygen atoms in total. The second-order valence-corrected chi connectivity index (χ2v) is 9.39. The third-order valence-corrected chi connectivity index (χ3v) is 6.63. The topological polar surface area (TPSA) is 118 Å². The highest BCUT2D eigenvalue weighted by molar-refractivity contribution is 6.12. The summed E-state index contributed by atoms with van der Waals surface area (Å²) in [7, 11) is 1.45. The molecule has 9 heteroatoms. The summed E-state index contributed by atoms with van der Waals surface area (Å²) >= 11 is 0. The number of anilines is 2. The van der Waals surface area contributed by atoms with Crippen LogP contribution in [-0.2, 0) is 9.59 Å². The maximum Gasteiger partial charge on any atom is 0.254 e. The lowest BCUT2D eigenvalue weighted by atomic mass is 9.79. The lowest BCUT2D eigenvalue weighted by molar-refractivity contribution is -0.113. The van der Waals surface area contributed by atoms with Crippen molar-refractivity contribution in [3.05, 3.63) is 94.8 Å². The van der Waals surface area contributed by atoms with Crippen molar-refractivity contribution in [3.8, 4) is 23.0 Å². The zero-order valence-corrected chi connectivity index (χ0v) is 23.8. The molecule has 3 aromatic carbocycles. The van der Waals surface area contributed by atoms with Crippen LogP contribution < -0.4 is 30.2 Å². The molecule has 0 saturated carbocycles. The third kappa shape index (κ3) is 6.63. The molecule has 0 bridgehead atoms. The van der Waals surface area contributed by atoms with Gasteiger partial charge in [-0.25, -0.2) is 0 Å². The van der Waals surface area contributed by atoms with Gasteiger partial charge in [0.25, 0.3) is 11.8 Å². The van der Waals surface area contributed by atoms with Crippen LogP contribution in [0.1, 0.15) is 39.2 Å². The summed E-state index contributed by atoms with van der Waals surface area (Å²) in [6, 6.07) is 19.0. The van der Waals surface area contributed by atoms with Gasteiger partial charge in [0.15, 0.2) is 11.5 Å². The molecule has 4 rings (SSSR count). The van der Waals surface area contributed by atoms with Crippen molar-refractivity contribution in [1.82, 2.24) is 5.32 Å². The molecule has 214 valence electrons. The molecular formula is C32H35N3O6. The smallest absolute Gasteiger partial charge is 0.254 e. The predicted molar refractivity (Wildman–Crippen MR) is 158 cm³/mol. The number of phenols is 1. The largest absolute Gasteiger partial charge is 0.504 e. The maximum atomic E-state index is 13.8. The van der Waals surface area contributed by atoms with Crippen LogP contribution in [0.5, 0.6) is 23.0 Å². The number of hydrogen-bond acceptors (Lipinski definition) is 7. The molecule has 0 radical (unpaired) electrons. The third-order valence-electron chi connectivity index (χ3n) is 6.63. The Bertz CT molecular complexity index is 1390. The van der Waals surface area contributed by atoms with Crippen molar-refractivity contribution in [2.24, 2.45) is 0 Å². The van der Waals surface area contributed by atoms with Gasteiger partial charge in [0.05, 0.1) is 20.3 Å². The van der Waals surface area contributed by atoms with Gasteiger partial charge in [0, 0.05) is 39.8 Å². The highest BCUT2D eigenvalue weighted by Gasteiger charge is 2.37. The van der Waals surface area contributed by atoms with Crippen molar-refractivity contribution in [3.63, 3.8) is 0 Å². The summed E-state index contributed by atoms with van der Waals surface area (Å²) in [6.07, 6.45) is 0. The van der Waals surface area contributed by atoms with Crippen LogP contribution in [0, 0.1) is 0 Å². The van der Waals surface area contributed by atoms with E-state index in [1.807, 2.05) is 13.8 Å². The molecule has 3 aromatic rings. The summed E-state index contributed by atoms with van der Waals surface area (Å²) in [5, 5.41) is 19.4. The number of methoxy groups -OCH3 is 1. The minimum atomic E-state index is -0.767. The summed E-state index contributed by atoms with van der Waals surface area (Å²) in [5.41, 5.74) is 3.66. The number of rotatable bonds is 10. The number of amides is 2. The van der Waals surface area contributed by atoms with E-state index in [1.54, 1.807) is 74.5 Å². The Kier molecular flexibility index (Phi) is 9.19. The SMILES string of the molecule is CCOc1ccc(NC(=O)C2=C(C)NC(C)=C(C(=O)Nc3ccc(OCC)cc3)C2c2ccc(O)c(OC)c2)cc1. The van der Waals surface area contributed by atoms with Gasteiger partial charge in [-0.15, -0.1) is 0 Å². The van der Waals surface area contributed by atoms with E-state index in [2.05, 4.69) is 16.0 Å². The zero-order valence-electron chi connectivity index (χ0n) is 23.8. The van der Waals surface area contributed by atoms with Crippen molar-refractivity contribution >= 4 is 23.2 Å². The van der Waals surface area contributed by atoms with Gasteiger partial charge < -0.3 is 35.3 Å². The number of carbonyl (C=O) groups excluding carboxylic acids is 2. The van der Waals surface area contributed by atoms with Gasteiger partial charge in [0.1, 0.15) is 11.5 Å². The van der Waals surface area contributed by atoms with E-state index in [0.29, 0.717) is 64.2 Å². The molecular weight excluding hydrogens is 522 g/mol. The first-order valence-corrected chi connectivity index (χ1v) is 13.4. The standard InChI is InChI=1S/C32H35N3O6/c1-6-40-24-13-9-22(10-14-24)34-31(37)28-19(3)33-20(4)29(30(28)21-8-17-26(36)27(18-21)39-5)32(38)35-23-11-15-25(16-12-23)41-7-2/h8-18,30,33,36H,6-7H2,1-5H3,(H,34,37)(H,35,38). The number of hydrogen-bond donors (Lipinski definition) is 4. The molecule has 41 heavy (non-hydrogen) atoms. The average Bonchev–Trinajstić information content (AvgIpc) is 2.95. The highest BCUT2D eigenvalue weighted by atomic mass is 16.5. The van der Waals surface area contributed by atoms with E-state index in [4.69, 9.17) is 14.2 Å². The normalized spacial score (nSPS) is 13.4. The number of carbonyl (C=O) groups is 2. The summed E-state index contributed by atoms with van der Waals surface area (Å²) in [5.74, 6) is 0.0460. The number of dihydropyridines is 1. The quantitative estimate of drug-likeness (QED) is 0.252. The Morgan fingerprint density at radius 2 is 1.24 bits per heavy atom. The van der Waals surface area contributed by atoms with Crippen LogP contribution in [0.3, 0.4) is 0 Å². The van der Waals surface area contributed by atoms with E-state index >= 15 is 0 Å². The number of ether oxygens (including phenoxy) is 3. The summed E-state index contributed by atoms with van der Waals surface area (Å²) in [4.78, 5) is 27.7. The fourth-order valence-corrected chi connectivity index (χ4v) is 4.80. The van der Waals surface area contributed by atoms with E-state index in [1.165, 1.54) is 13.2 Å². The molecule has 4 N–H and O–H groups in total. The lowest BCUT2D eigenvalue weighted by Crippen LogP contribution is -2.35. The summed E-state index contributed by atoms with van der Waals surface area (Å²) in [6.45, 7) is 8.46. The van der Waals surface area contributed by atoms with Crippen LogP contribution in [0.25, 0.3) is 0 Å². The maximum absolute atomic E-state index is 13.8. The molecule has 0 saturated heterocycles. The average molecular weight is 558 g/mol. The Morgan fingerprint density at radius 1 is 0.780 bits per heavy atom. The second kappa shape index (κ2) is 13.0. The van der Waals surface area contributed by atoms with Gasteiger partial charge in [-0.1, -0.05) is 6.07 Å².